The second kappa shape index (κ2) is 9.22. The number of rotatable bonds is 5. The zero-order chi connectivity index (χ0) is 19.2. The maximum Gasteiger partial charge on any atom is 0.260 e. The summed E-state index contributed by atoms with van der Waals surface area (Å²) in [4.78, 5) is 17.0. The van der Waals surface area contributed by atoms with Crippen LogP contribution < -0.4 is 4.74 Å². The van der Waals surface area contributed by atoms with Crippen molar-refractivity contribution in [3.63, 3.8) is 0 Å². The number of morpholine rings is 1. The highest BCUT2D eigenvalue weighted by Gasteiger charge is 2.27. The molecule has 5 nitrogen and oxygen atoms in total. The third-order valence-electron chi connectivity index (χ3n) is 5.70. The lowest BCUT2D eigenvalue weighted by Gasteiger charge is -2.40. The molecule has 148 valence electrons. The van der Waals surface area contributed by atoms with E-state index in [0.717, 1.165) is 63.5 Å². The van der Waals surface area contributed by atoms with Gasteiger partial charge in [-0.2, -0.15) is 0 Å². The second-order valence-corrected chi connectivity index (χ2v) is 7.44. The summed E-state index contributed by atoms with van der Waals surface area (Å²) >= 11 is 0. The second-order valence-electron chi connectivity index (χ2n) is 7.44. The van der Waals surface area contributed by atoms with Crippen molar-refractivity contribution in [1.29, 1.82) is 0 Å². The SMILES string of the molecule is O=C(COc1ccc(-c2ccccc2)cc1)N1CCC(N2CCOCC2)CC1. The van der Waals surface area contributed by atoms with E-state index in [0.29, 0.717) is 6.04 Å². The normalized spacial score (nSPS) is 18.8. The minimum atomic E-state index is 0.0764. The summed E-state index contributed by atoms with van der Waals surface area (Å²) in [5.41, 5.74) is 2.32. The molecule has 0 N–H and O–H groups in total. The lowest BCUT2D eigenvalue weighted by atomic mass is 10.0. The van der Waals surface area contributed by atoms with Crippen LogP contribution in [0, 0.1) is 0 Å². The molecule has 0 atom stereocenters. The van der Waals surface area contributed by atoms with Crippen LogP contribution >= 0.6 is 0 Å². The van der Waals surface area contributed by atoms with Crippen molar-refractivity contribution in [1.82, 2.24) is 9.80 Å². The fourth-order valence-electron chi connectivity index (χ4n) is 4.03. The minimum Gasteiger partial charge on any atom is -0.484 e. The van der Waals surface area contributed by atoms with Gasteiger partial charge in [-0.3, -0.25) is 9.69 Å². The Balaban J connectivity index is 1.23. The van der Waals surface area contributed by atoms with Gasteiger partial charge in [-0.1, -0.05) is 42.5 Å². The largest absolute Gasteiger partial charge is 0.484 e. The van der Waals surface area contributed by atoms with Gasteiger partial charge >= 0.3 is 0 Å². The van der Waals surface area contributed by atoms with Crippen molar-refractivity contribution in [2.75, 3.05) is 46.0 Å². The first-order chi connectivity index (χ1) is 13.8. The number of ether oxygens (including phenoxy) is 2. The van der Waals surface area contributed by atoms with Crippen molar-refractivity contribution in [3.05, 3.63) is 54.6 Å². The van der Waals surface area contributed by atoms with Crippen molar-refractivity contribution < 1.29 is 14.3 Å². The smallest absolute Gasteiger partial charge is 0.260 e. The standard InChI is InChI=1S/C23H28N2O3/c26-23(25-12-10-21(11-13-25)24-14-16-27-17-15-24)18-28-22-8-6-20(7-9-22)19-4-2-1-3-5-19/h1-9,21H,10-18H2. The maximum atomic E-state index is 12.5. The zero-order valence-corrected chi connectivity index (χ0v) is 16.3. The average Bonchev–Trinajstić information content (AvgIpc) is 2.79. The summed E-state index contributed by atoms with van der Waals surface area (Å²) in [6.07, 6.45) is 2.08. The van der Waals surface area contributed by atoms with Crippen molar-refractivity contribution in [3.8, 4) is 16.9 Å². The predicted molar refractivity (Wildman–Crippen MR) is 109 cm³/mol. The number of carbonyl (C=O) groups is 1. The molecule has 2 aromatic carbocycles. The first-order valence-electron chi connectivity index (χ1n) is 10.2. The molecule has 2 saturated heterocycles. The lowest BCUT2D eigenvalue weighted by molar-refractivity contribution is -0.135. The summed E-state index contributed by atoms with van der Waals surface area (Å²) in [7, 11) is 0. The number of nitrogens with zero attached hydrogens (tertiary/aromatic N) is 2. The first kappa shape index (κ1) is 19.0. The van der Waals surface area contributed by atoms with Gasteiger partial charge in [0.1, 0.15) is 5.75 Å². The van der Waals surface area contributed by atoms with Gasteiger partial charge in [0.05, 0.1) is 13.2 Å². The number of hydrogen-bond acceptors (Lipinski definition) is 4. The first-order valence-corrected chi connectivity index (χ1v) is 10.2. The lowest BCUT2D eigenvalue weighted by Crippen LogP contribution is -2.50. The van der Waals surface area contributed by atoms with Gasteiger partial charge in [0.15, 0.2) is 6.61 Å². The molecule has 0 unspecified atom stereocenters. The van der Waals surface area contributed by atoms with Crippen LogP contribution in [0.3, 0.4) is 0 Å². The Kier molecular flexibility index (Phi) is 6.24. The van der Waals surface area contributed by atoms with E-state index in [1.165, 1.54) is 5.56 Å². The van der Waals surface area contributed by atoms with Gasteiger partial charge in [-0.25, -0.2) is 0 Å². The van der Waals surface area contributed by atoms with Gasteiger partial charge in [0.25, 0.3) is 5.91 Å². The van der Waals surface area contributed by atoms with Gasteiger partial charge in [0.2, 0.25) is 0 Å². The third-order valence-corrected chi connectivity index (χ3v) is 5.70. The maximum absolute atomic E-state index is 12.5. The number of amides is 1. The molecule has 0 aromatic heterocycles. The van der Waals surface area contributed by atoms with Crippen LogP contribution in [0.25, 0.3) is 11.1 Å². The van der Waals surface area contributed by atoms with Crippen molar-refractivity contribution in [2.24, 2.45) is 0 Å². The molecule has 1 amide bonds. The van der Waals surface area contributed by atoms with Crippen LogP contribution in [-0.2, 0) is 9.53 Å². The highest BCUT2D eigenvalue weighted by molar-refractivity contribution is 5.78. The van der Waals surface area contributed by atoms with E-state index in [1.807, 2.05) is 47.4 Å². The molecular formula is C23H28N2O3. The molecule has 4 rings (SSSR count). The predicted octanol–water partition coefficient (Wildman–Crippen LogP) is 3.06. The summed E-state index contributed by atoms with van der Waals surface area (Å²) in [5, 5.41) is 0. The summed E-state index contributed by atoms with van der Waals surface area (Å²) in [5.74, 6) is 0.809. The number of piperidine rings is 1. The van der Waals surface area contributed by atoms with Crippen molar-refractivity contribution >= 4 is 5.91 Å². The topological polar surface area (TPSA) is 42.0 Å². The Hall–Kier alpha value is -2.37. The number of likely N-dealkylation sites (tertiary alicyclic amines) is 1. The highest BCUT2D eigenvalue weighted by atomic mass is 16.5. The van der Waals surface area contributed by atoms with E-state index >= 15 is 0 Å². The van der Waals surface area contributed by atoms with Crippen molar-refractivity contribution in [2.45, 2.75) is 18.9 Å². The summed E-state index contributed by atoms with van der Waals surface area (Å²) < 4.78 is 11.2. The van der Waals surface area contributed by atoms with Gasteiger partial charge in [0, 0.05) is 32.2 Å². The molecule has 2 aliphatic rings. The van der Waals surface area contributed by atoms with E-state index in [9.17, 15) is 4.79 Å². The van der Waals surface area contributed by atoms with Crippen LogP contribution in [0.4, 0.5) is 0 Å². The molecule has 0 bridgehead atoms. The Morgan fingerprint density at radius 1 is 0.893 bits per heavy atom. The molecule has 2 fully saturated rings. The Labute approximate surface area is 166 Å². The van der Waals surface area contributed by atoms with Crippen LogP contribution in [0.1, 0.15) is 12.8 Å². The fourth-order valence-corrected chi connectivity index (χ4v) is 4.03. The molecule has 28 heavy (non-hydrogen) atoms. The van der Waals surface area contributed by atoms with Gasteiger partial charge in [-0.15, -0.1) is 0 Å². The van der Waals surface area contributed by atoms with Crippen LogP contribution in [-0.4, -0.2) is 67.7 Å². The zero-order valence-electron chi connectivity index (χ0n) is 16.3. The Bertz CT molecular complexity index is 749. The van der Waals surface area contributed by atoms with Crippen LogP contribution in [0.5, 0.6) is 5.75 Å². The summed E-state index contributed by atoms with van der Waals surface area (Å²) in [6.45, 7) is 5.43. The molecule has 2 aliphatic heterocycles. The molecule has 0 saturated carbocycles. The average molecular weight is 380 g/mol. The third kappa shape index (κ3) is 4.72. The number of benzene rings is 2. The Morgan fingerprint density at radius 3 is 2.21 bits per heavy atom. The minimum absolute atomic E-state index is 0.0764. The Morgan fingerprint density at radius 2 is 1.54 bits per heavy atom. The molecule has 2 heterocycles. The number of carbonyl (C=O) groups excluding carboxylic acids is 1. The monoisotopic (exact) mass is 380 g/mol. The van der Waals surface area contributed by atoms with Crippen LogP contribution in [0.2, 0.25) is 0 Å². The van der Waals surface area contributed by atoms with E-state index in [2.05, 4.69) is 17.0 Å². The highest BCUT2D eigenvalue weighted by Crippen LogP contribution is 2.22. The molecular weight excluding hydrogens is 352 g/mol. The van der Waals surface area contributed by atoms with Gasteiger partial charge < -0.3 is 14.4 Å². The van der Waals surface area contributed by atoms with E-state index < -0.39 is 0 Å². The molecule has 0 spiro atoms. The fraction of sp³-hybridized carbons (Fsp3) is 0.435. The quantitative estimate of drug-likeness (QED) is 0.800. The van der Waals surface area contributed by atoms with E-state index in [-0.39, 0.29) is 12.5 Å². The van der Waals surface area contributed by atoms with E-state index in [4.69, 9.17) is 9.47 Å². The number of hydrogen-bond donors (Lipinski definition) is 0. The molecule has 5 heteroatoms. The summed E-state index contributed by atoms with van der Waals surface area (Å²) in [6, 6.07) is 18.7. The van der Waals surface area contributed by atoms with Crippen LogP contribution in [0.15, 0.2) is 54.6 Å². The molecule has 0 radical (unpaired) electrons. The van der Waals surface area contributed by atoms with Gasteiger partial charge in [-0.05, 0) is 36.1 Å². The van der Waals surface area contributed by atoms with E-state index in [1.54, 1.807) is 0 Å². The molecule has 0 aliphatic carbocycles. The molecule has 2 aromatic rings.